The number of likely N-dealkylation sites (tertiary alicyclic amines) is 1. The Labute approximate surface area is 63.6 Å². The zero-order valence-corrected chi connectivity index (χ0v) is 7.06. The Morgan fingerprint density at radius 1 is 1.50 bits per heavy atom. The fourth-order valence-electron chi connectivity index (χ4n) is 1.59. The number of hydrogen-bond acceptors (Lipinski definition) is 2. The molecular weight excluding hydrogens is 124 g/mol. The Kier molecular flexibility index (Phi) is 3.16. The maximum atomic E-state index is 3.21. The van der Waals surface area contributed by atoms with Gasteiger partial charge in [0, 0.05) is 19.6 Å². The van der Waals surface area contributed by atoms with Gasteiger partial charge in [-0.05, 0) is 25.9 Å². The van der Waals surface area contributed by atoms with Crippen LogP contribution in [0.1, 0.15) is 13.3 Å². The third kappa shape index (κ3) is 1.96. The molecule has 10 heavy (non-hydrogen) atoms. The van der Waals surface area contributed by atoms with E-state index < -0.39 is 0 Å². The van der Waals surface area contributed by atoms with E-state index in [1.54, 1.807) is 0 Å². The molecule has 1 fully saturated rings. The highest BCUT2D eigenvalue weighted by atomic mass is 15.2. The van der Waals surface area contributed by atoms with E-state index in [4.69, 9.17) is 0 Å². The first kappa shape index (κ1) is 8.02. The van der Waals surface area contributed by atoms with E-state index in [1.165, 1.54) is 32.6 Å². The van der Waals surface area contributed by atoms with E-state index in [-0.39, 0.29) is 0 Å². The van der Waals surface area contributed by atoms with Crippen molar-refractivity contribution in [1.29, 1.82) is 0 Å². The summed E-state index contributed by atoms with van der Waals surface area (Å²) in [6, 6.07) is 0. The second-order valence-electron chi connectivity index (χ2n) is 3.18. The Bertz CT molecular complexity index is 77.3. The van der Waals surface area contributed by atoms with Crippen molar-refractivity contribution in [3.05, 3.63) is 0 Å². The molecular formula is C8H18N2. The number of hydrogen-bond donors (Lipinski definition) is 1. The van der Waals surface area contributed by atoms with E-state index in [2.05, 4.69) is 17.1 Å². The van der Waals surface area contributed by atoms with Crippen LogP contribution in [-0.4, -0.2) is 38.1 Å². The molecule has 0 aliphatic carbocycles. The monoisotopic (exact) mass is 142 g/mol. The van der Waals surface area contributed by atoms with E-state index in [1.807, 2.05) is 7.05 Å². The Hall–Kier alpha value is -0.0800. The zero-order valence-electron chi connectivity index (χ0n) is 7.06. The minimum Gasteiger partial charge on any atom is -0.319 e. The molecule has 0 amide bonds. The summed E-state index contributed by atoms with van der Waals surface area (Å²) in [5.41, 5.74) is 0. The third-order valence-electron chi connectivity index (χ3n) is 2.07. The highest BCUT2D eigenvalue weighted by Gasteiger charge is 2.24. The second kappa shape index (κ2) is 3.94. The van der Waals surface area contributed by atoms with Crippen LogP contribution in [0.25, 0.3) is 0 Å². The normalized spacial score (nSPS) is 21.0. The summed E-state index contributed by atoms with van der Waals surface area (Å²) >= 11 is 0. The molecule has 1 aliphatic rings. The molecule has 0 aromatic carbocycles. The molecule has 0 bridgehead atoms. The molecule has 0 saturated carbocycles. The minimum atomic E-state index is 0.927. The molecule has 0 atom stereocenters. The number of nitrogens with one attached hydrogen (secondary N) is 1. The van der Waals surface area contributed by atoms with E-state index in [9.17, 15) is 0 Å². The Morgan fingerprint density at radius 2 is 2.20 bits per heavy atom. The van der Waals surface area contributed by atoms with Crippen LogP contribution < -0.4 is 5.32 Å². The lowest BCUT2D eigenvalue weighted by atomic mass is 10.0. The zero-order chi connectivity index (χ0) is 7.40. The van der Waals surface area contributed by atoms with Gasteiger partial charge in [0.05, 0.1) is 0 Å². The lowest BCUT2D eigenvalue weighted by molar-refractivity contribution is 0.102. The maximum absolute atomic E-state index is 3.21. The fourth-order valence-corrected chi connectivity index (χ4v) is 1.59. The molecule has 1 heterocycles. The van der Waals surface area contributed by atoms with Crippen molar-refractivity contribution in [1.82, 2.24) is 10.2 Å². The third-order valence-corrected chi connectivity index (χ3v) is 2.07. The summed E-state index contributed by atoms with van der Waals surface area (Å²) in [5.74, 6) is 0.927. The largest absolute Gasteiger partial charge is 0.319 e. The highest BCUT2D eigenvalue weighted by Crippen LogP contribution is 2.13. The van der Waals surface area contributed by atoms with Gasteiger partial charge in [0.2, 0.25) is 0 Å². The van der Waals surface area contributed by atoms with Gasteiger partial charge >= 0.3 is 0 Å². The summed E-state index contributed by atoms with van der Waals surface area (Å²) in [7, 11) is 2.03. The molecule has 1 rings (SSSR count). The summed E-state index contributed by atoms with van der Waals surface area (Å²) in [6.07, 6.45) is 1.30. The quantitative estimate of drug-likeness (QED) is 0.616. The maximum Gasteiger partial charge on any atom is 0.00342 e. The smallest absolute Gasteiger partial charge is 0.00342 e. The summed E-state index contributed by atoms with van der Waals surface area (Å²) in [4.78, 5) is 2.52. The molecule has 1 N–H and O–H groups in total. The molecule has 2 heteroatoms. The van der Waals surface area contributed by atoms with E-state index in [0.717, 1.165) is 5.92 Å². The predicted octanol–water partition coefficient (Wildman–Crippen LogP) is 0.548. The molecule has 0 unspecified atom stereocenters. The first-order valence-electron chi connectivity index (χ1n) is 4.23. The van der Waals surface area contributed by atoms with Crippen molar-refractivity contribution in [2.24, 2.45) is 5.92 Å². The number of nitrogens with zero attached hydrogens (tertiary/aromatic N) is 1. The second-order valence-corrected chi connectivity index (χ2v) is 3.18. The first-order chi connectivity index (χ1) is 4.86. The van der Waals surface area contributed by atoms with Crippen molar-refractivity contribution in [2.45, 2.75) is 13.3 Å². The molecule has 0 spiro atoms. The van der Waals surface area contributed by atoms with Crippen LogP contribution >= 0.6 is 0 Å². The van der Waals surface area contributed by atoms with E-state index in [0.29, 0.717) is 0 Å². The summed E-state index contributed by atoms with van der Waals surface area (Å²) in [6.45, 7) is 7.36. The predicted molar refractivity (Wildman–Crippen MR) is 44.1 cm³/mol. The van der Waals surface area contributed by atoms with Gasteiger partial charge in [0.25, 0.3) is 0 Å². The van der Waals surface area contributed by atoms with Gasteiger partial charge in [0.1, 0.15) is 0 Å². The van der Waals surface area contributed by atoms with Crippen molar-refractivity contribution < 1.29 is 0 Å². The number of rotatable bonds is 4. The van der Waals surface area contributed by atoms with Crippen LogP contribution in [0.15, 0.2) is 0 Å². The standard InChI is InChI=1S/C8H18N2/c1-3-4-10-6-8(7-10)5-9-2/h8-9H,3-7H2,1-2H3. The SMILES string of the molecule is CCCN1CC(CNC)C1. The van der Waals surface area contributed by atoms with E-state index >= 15 is 0 Å². The van der Waals surface area contributed by atoms with Gasteiger partial charge in [-0.3, -0.25) is 0 Å². The Morgan fingerprint density at radius 3 is 2.70 bits per heavy atom. The average Bonchev–Trinajstić information content (AvgIpc) is 1.84. The van der Waals surface area contributed by atoms with Crippen molar-refractivity contribution in [2.75, 3.05) is 33.2 Å². The van der Waals surface area contributed by atoms with Crippen LogP contribution in [-0.2, 0) is 0 Å². The summed E-state index contributed by atoms with van der Waals surface area (Å²) in [5, 5.41) is 3.21. The average molecular weight is 142 g/mol. The van der Waals surface area contributed by atoms with Crippen molar-refractivity contribution in [3.8, 4) is 0 Å². The first-order valence-corrected chi connectivity index (χ1v) is 4.23. The topological polar surface area (TPSA) is 15.3 Å². The molecule has 0 aromatic heterocycles. The van der Waals surface area contributed by atoms with Crippen LogP contribution in [0, 0.1) is 5.92 Å². The molecule has 0 aromatic rings. The van der Waals surface area contributed by atoms with Gasteiger partial charge in [0.15, 0.2) is 0 Å². The fraction of sp³-hybridized carbons (Fsp3) is 1.00. The molecule has 1 aliphatic heterocycles. The molecule has 0 radical (unpaired) electrons. The molecule has 2 nitrogen and oxygen atoms in total. The molecule has 1 saturated heterocycles. The van der Waals surface area contributed by atoms with Gasteiger partial charge in [-0.25, -0.2) is 0 Å². The minimum absolute atomic E-state index is 0.927. The van der Waals surface area contributed by atoms with Gasteiger partial charge < -0.3 is 10.2 Å². The van der Waals surface area contributed by atoms with Crippen LogP contribution in [0.3, 0.4) is 0 Å². The lowest BCUT2D eigenvalue weighted by Crippen LogP contribution is -2.50. The molecule has 60 valence electrons. The highest BCUT2D eigenvalue weighted by molar-refractivity contribution is 4.80. The van der Waals surface area contributed by atoms with Crippen LogP contribution in [0.2, 0.25) is 0 Å². The van der Waals surface area contributed by atoms with Crippen LogP contribution in [0.5, 0.6) is 0 Å². The van der Waals surface area contributed by atoms with Gasteiger partial charge in [-0.1, -0.05) is 6.92 Å². The van der Waals surface area contributed by atoms with Gasteiger partial charge in [-0.2, -0.15) is 0 Å². The van der Waals surface area contributed by atoms with Crippen LogP contribution in [0.4, 0.5) is 0 Å². The van der Waals surface area contributed by atoms with Crippen molar-refractivity contribution >= 4 is 0 Å². The summed E-state index contributed by atoms with van der Waals surface area (Å²) < 4.78 is 0. The van der Waals surface area contributed by atoms with Gasteiger partial charge in [-0.15, -0.1) is 0 Å². The lowest BCUT2D eigenvalue weighted by Gasteiger charge is -2.39. The van der Waals surface area contributed by atoms with Crippen molar-refractivity contribution in [3.63, 3.8) is 0 Å². The Balaban J connectivity index is 1.95.